The molecule has 0 aromatic carbocycles. The maximum absolute atomic E-state index is 2.31. The molecule has 1 unspecified atom stereocenters. The van der Waals surface area contributed by atoms with Crippen molar-refractivity contribution in [2.24, 2.45) is 0 Å². The molecule has 0 bridgehead atoms. The van der Waals surface area contributed by atoms with Crippen LogP contribution in [0, 0.1) is 0 Å². The summed E-state index contributed by atoms with van der Waals surface area (Å²) < 4.78 is 0.511. The molecule has 0 aliphatic carbocycles. The van der Waals surface area contributed by atoms with Crippen LogP contribution >= 0.6 is 8.20 Å². The molecular weight excluding hydrogens is 194 g/mol. The summed E-state index contributed by atoms with van der Waals surface area (Å²) >= 11 is 1.62. The Kier molecular flexibility index (Phi) is 1.90. The van der Waals surface area contributed by atoms with E-state index in [1.807, 2.05) is 0 Å². The van der Waals surface area contributed by atoms with Crippen LogP contribution in [0.3, 0.4) is 0 Å². The molecular formula is C6H8PZr. The van der Waals surface area contributed by atoms with Gasteiger partial charge < -0.3 is 0 Å². The van der Waals surface area contributed by atoms with Crippen molar-refractivity contribution >= 4 is 13.5 Å². The molecule has 1 aliphatic rings. The van der Waals surface area contributed by atoms with E-state index in [4.69, 9.17) is 0 Å². The van der Waals surface area contributed by atoms with Crippen molar-refractivity contribution < 1.29 is 24.7 Å². The summed E-state index contributed by atoms with van der Waals surface area (Å²) in [5.41, 5.74) is 0. The molecule has 41 valence electrons. The van der Waals surface area contributed by atoms with Gasteiger partial charge in [-0.25, -0.2) is 0 Å². The summed E-state index contributed by atoms with van der Waals surface area (Å²) in [6.45, 7) is 4.48. The number of hydrogen-bond donors (Lipinski definition) is 0. The summed E-state index contributed by atoms with van der Waals surface area (Å²) in [4.78, 5) is 0. The topological polar surface area (TPSA) is 0 Å². The molecule has 0 amide bonds. The van der Waals surface area contributed by atoms with E-state index in [1.54, 1.807) is 24.7 Å². The van der Waals surface area contributed by atoms with Crippen molar-refractivity contribution in [2.75, 3.05) is 0 Å². The zero-order chi connectivity index (χ0) is 6.20. The van der Waals surface area contributed by atoms with Gasteiger partial charge in [0.2, 0.25) is 0 Å². The maximum atomic E-state index is 2.31. The van der Waals surface area contributed by atoms with Crippen LogP contribution in [-0.2, 0) is 24.7 Å². The molecule has 1 aliphatic heterocycles. The molecule has 0 radical (unpaired) electrons. The quantitative estimate of drug-likeness (QED) is 0.527. The first kappa shape index (κ1) is 6.91. The van der Waals surface area contributed by atoms with E-state index >= 15 is 0 Å². The molecule has 0 aromatic heterocycles. The van der Waals surface area contributed by atoms with Gasteiger partial charge in [0.05, 0.1) is 0 Å². The van der Waals surface area contributed by atoms with E-state index in [9.17, 15) is 0 Å². The van der Waals surface area contributed by atoms with Crippen molar-refractivity contribution in [3.8, 4) is 0 Å². The van der Waals surface area contributed by atoms with Gasteiger partial charge in [0.1, 0.15) is 0 Å². The van der Waals surface area contributed by atoms with Crippen molar-refractivity contribution in [3.05, 3.63) is 12.2 Å². The van der Waals surface area contributed by atoms with Crippen LogP contribution in [0.5, 0.6) is 0 Å². The molecule has 0 saturated heterocycles. The molecule has 0 nitrogen and oxygen atoms in total. The molecule has 0 N–H and O–H groups in total. The second kappa shape index (κ2) is 2.20. The summed E-state index contributed by atoms with van der Waals surface area (Å²) in [5, 5.41) is 1.50. The van der Waals surface area contributed by atoms with Crippen LogP contribution in [-0.4, -0.2) is 8.16 Å². The predicted octanol–water partition coefficient (Wildman–Crippen LogP) is 1.96. The summed E-state index contributed by atoms with van der Waals surface area (Å²) in [5.74, 6) is 0. The van der Waals surface area contributed by atoms with Gasteiger partial charge in [-0.1, -0.05) is 0 Å². The van der Waals surface area contributed by atoms with Gasteiger partial charge in [0, 0.05) is 0 Å². The van der Waals surface area contributed by atoms with Crippen LogP contribution in [0.1, 0.15) is 13.8 Å². The van der Waals surface area contributed by atoms with Crippen molar-refractivity contribution in [1.29, 1.82) is 0 Å². The molecule has 0 aromatic rings. The molecule has 0 saturated carbocycles. The number of allylic oxidation sites excluding steroid dienone is 2. The summed E-state index contributed by atoms with van der Waals surface area (Å²) in [6, 6.07) is 0. The first-order valence-electron chi connectivity index (χ1n) is 2.61. The van der Waals surface area contributed by atoms with Crippen molar-refractivity contribution in [1.82, 2.24) is 0 Å². The minimum absolute atomic E-state index is 0.511. The van der Waals surface area contributed by atoms with Crippen LogP contribution in [0.4, 0.5) is 0 Å². The average Bonchev–Trinajstić information content (AvgIpc) is 1.82. The van der Waals surface area contributed by atoms with E-state index in [2.05, 4.69) is 26.0 Å². The Morgan fingerprint density at radius 2 is 2.38 bits per heavy atom. The molecule has 1 heterocycles. The minimum atomic E-state index is 0.511. The number of hydrogen-bond acceptors (Lipinski definition) is 0. The van der Waals surface area contributed by atoms with Crippen LogP contribution in [0.25, 0.3) is 0 Å². The van der Waals surface area contributed by atoms with E-state index in [1.165, 1.54) is 13.5 Å². The fourth-order valence-electron chi connectivity index (χ4n) is 0.724. The second-order valence-corrected chi connectivity index (χ2v) is 7.68. The van der Waals surface area contributed by atoms with Crippen LogP contribution in [0.2, 0.25) is 0 Å². The van der Waals surface area contributed by atoms with Crippen molar-refractivity contribution in [2.45, 2.75) is 16.7 Å². The fraction of sp³-hybridized carbons (Fsp3) is 0.500. The molecule has 0 spiro atoms. The van der Waals surface area contributed by atoms with Crippen molar-refractivity contribution in [3.63, 3.8) is 0 Å². The first-order valence-corrected chi connectivity index (χ1v) is 4.73. The Morgan fingerprint density at radius 3 is 2.50 bits per heavy atom. The third-order valence-corrected chi connectivity index (χ3v) is 3.41. The zero-order valence-corrected chi connectivity index (χ0v) is 8.45. The molecule has 8 heavy (non-hydrogen) atoms. The standard InChI is InChI=1S/C6H8P.Zr/c1-5-3-4-6(2)7-5;/h3-4H,1-2H3;. The Labute approximate surface area is 67.0 Å². The van der Waals surface area contributed by atoms with E-state index in [0.717, 1.165) is 0 Å². The van der Waals surface area contributed by atoms with E-state index in [0.29, 0.717) is 2.86 Å². The third-order valence-electron chi connectivity index (χ3n) is 1.06. The van der Waals surface area contributed by atoms with Crippen LogP contribution in [0.15, 0.2) is 12.2 Å². The normalized spacial score (nSPS) is 37.4. The Balaban J connectivity index is 2.84. The molecule has 0 fully saturated rings. The van der Waals surface area contributed by atoms with Gasteiger partial charge in [-0.3, -0.25) is 0 Å². The van der Waals surface area contributed by atoms with Gasteiger partial charge in [-0.05, 0) is 0 Å². The van der Waals surface area contributed by atoms with Gasteiger partial charge in [0.25, 0.3) is 0 Å². The Bertz CT molecular complexity index is 156. The fourth-order valence-corrected chi connectivity index (χ4v) is 3.26. The van der Waals surface area contributed by atoms with Gasteiger partial charge >= 0.3 is 67.1 Å². The van der Waals surface area contributed by atoms with Gasteiger partial charge in [0.15, 0.2) is 0 Å². The van der Waals surface area contributed by atoms with Gasteiger partial charge in [-0.15, -0.1) is 0 Å². The van der Waals surface area contributed by atoms with Gasteiger partial charge in [-0.2, -0.15) is 0 Å². The predicted molar refractivity (Wildman–Crippen MR) is 35.1 cm³/mol. The SMILES string of the molecule is CC1=P[C](C)([Zr])C=C1. The molecule has 1 rings (SSSR count). The Hall–Kier alpha value is 0.793. The first-order chi connectivity index (χ1) is 3.60. The molecule has 2 heteroatoms. The summed E-state index contributed by atoms with van der Waals surface area (Å²) in [7, 11) is 1.51. The second-order valence-electron chi connectivity index (χ2n) is 2.23. The molecule has 1 atom stereocenters. The third kappa shape index (κ3) is 1.64. The van der Waals surface area contributed by atoms with E-state index in [-0.39, 0.29) is 0 Å². The number of rotatable bonds is 0. The summed E-state index contributed by atoms with van der Waals surface area (Å²) in [6.07, 6.45) is 4.54. The van der Waals surface area contributed by atoms with E-state index < -0.39 is 0 Å². The zero-order valence-electron chi connectivity index (χ0n) is 5.10. The average molecular weight is 202 g/mol. The monoisotopic (exact) mass is 201 g/mol. The Morgan fingerprint density at radius 1 is 1.75 bits per heavy atom. The van der Waals surface area contributed by atoms with Crippen LogP contribution < -0.4 is 0 Å².